The van der Waals surface area contributed by atoms with Gasteiger partial charge >= 0.3 is 0 Å². The summed E-state index contributed by atoms with van der Waals surface area (Å²) in [5, 5.41) is 11.6. The van der Waals surface area contributed by atoms with E-state index < -0.39 is 29.1 Å². The third-order valence-electron chi connectivity index (χ3n) is 8.12. The fourth-order valence-corrected chi connectivity index (χ4v) is 6.17. The summed E-state index contributed by atoms with van der Waals surface area (Å²) in [5.41, 5.74) is 4.00. The van der Waals surface area contributed by atoms with Crippen LogP contribution in [0.5, 0.6) is 0 Å². The highest BCUT2D eigenvalue weighted by Crippen LogP contribution is 2.44. The second-order valence-corrected chi connectivity index (χ2v) is 11.3. The van der Waals surface area contributed by atoms with Crippen molar-refractivity contribution in [3.8, 4) is 11.1 Å². The van der Waals surface area contributed by atoms with Gasteiger partial charge in [-0.15, -0.1) is 0 Å². The first-order chi connectivity index (χ1) is 19.0. The second kappa shape index (κ2) is 9.78. The number of hydrogen-bond donors (Lipinski definition) is 1. The van der Waals surface area contributed by atoms with Crippen molar-refractivity contribution in [1.29, 1.82) is 0 Å². The molecule has 5 aromatic rings. The lowest BCUT2D eigenvalue weighted by Gasteiger charge is -2.33. The monoisotopic (exact) mass is 548 g/mol. The summed E-state index contributed by atoms with van der Waals surface area (Å²) in [6, 6.07) is 8.23. The van der Waals surface area contributed by atoms with Gasteiger partial charge in [0.2, 0.25) is 0 Å². The highest BCUT2D eigenvalue weighted by atomic mass is 19.1. The summed E-state index contributed by atoms with van der Waals surface area (Å²) in [5.74, 6) is -2.30. The molecule has 0 amide bonds. The zero-order valence-corrected chi connectivity index (χ0v) is 22.9. The molecule has 1 atom stereocenters. The average molecular weight is 549 g/mol. The number of nitrogens with zero attached hydrogens (tertiary/aromatic N) is 2. The molecule has 1 saturated heterocycles. The molecule has 4 heterocycles. The standard InChI is InChI=1S/C32H31F3N2O3/c1-17-16-40-18(2)28(17)20-11-27-30(36-15-20)23-6-5-21(32(3,4)38)12-26(23)37(27)31(19-7-9-39-10-8-19)29-24(34)13-22(33)14-25(29)35/h5-6,11-16,19,31,38H,7-10H2,1-4H3. The third-order valence-corrected chi connectivity index (χ3v) is 8.12. The van der Waals surface area contributed by atoms with Crippen LogP contribution >= 0.6 is 0 Å². The molecule has 8 heteroatoms. The number of aliphatic hydroxyl groups is 1. The van der Waals surface area contributed by atoms with Crippen molar-refractivity contribution >= 4 is 21.9 Å². The molecule has 2 aromatic carbocycles. The second-order valence-electron chi connectivity index (χ2n) is 11.3. The van der Waals surface area contributed by atoms with E-state index in [0.717, 1.165) is 40.0 Å². The molecular weight excluding hydrogens is 517 g/mol. The Balaban J connectivity index is 1.73. The zero-order chi connectivity index (χ0) is 28.3. The number of benzene rings is 2. The number of rotatable bonds is 5. The number of halogens is 3. The number of hydrogen-bond acceptors (Lipinski definition) is 4. The number of aromatic nitrogens is 2. The topological polar surface area (TPSA) is 60.4 Å². The first-order valence-electron chi connectivity index (χ1n) is 13.5. The van der Waals surface area contributed by atoms with E-state index in [9.17, 15) is 9.50 Å². The van der Waals surface area contributed by atoms with Crippen LogP contribution in [-0.2, 0) is 10.3 Å². The van der Waals surface area contributed by atoms with E-state index in [4.69, 9.17) is 14.1 Å². The molecule has 40 heavy (non-hydrogen) atoms. The van der Waals surface area contributed by atoms with E-state index in [1.165, 1.54) is 0 Å². The summed E-state index contributed by atoms with van der Waals surface area (Å²) in [6.07, 6.45) is 4.61. The van der Waals surface area contributed by atoms with Gasteiger partial charge < -0.3 is 18.8 Å². The molecule has 0 spiro atoms. The Labute approximate surface area is 230 Å². The van der Waals surface area contributed by atoms with E-state index in [-0.39, 0.29) is 11.5 Å². The van der Waals surface area contributed by atoms with E-state index in [1.54, 1.807) is 26.3 Å². The Morgan fingerprint density at radius 3 is 2.33 bits per heavy atom. The van der Waals surface area contributed by atoms with Crippen LogP contribution in [0.15, 0.2) is 53.3 Å². The number of furan rings is 1. The molecule has 0 aliphatic carbocycles. The lowest BCUT2D eigenvalue weighted by atomic mass is 9.86. The molecule has 1 aliphatic heterocycles. The maximum absolute atomic E-state index is 15.6. The van der Waals surface area contributed by atoms with E-state index >= 15 is 8.78 Å². The molecule has 0 saturated carbocycles. The Morgan fingerprint density at radius 2 is 1.70 bits per heavy atom. The minimum atomic E-state index is -1.15. The average Bonchev–Trinajstić information content (AvgIpc) is 3.41. The highest BCUT2D eigenvalue weighted by molar-refractivity contribution is 6.07. The summed E-state index contributed by atoms with van der Waals surface area (Å²) < 4.78 is 58.4. The quantitative estimate of drug-likeness (QED) is 0.244. The lowest BCUT2D eigenvalue weighted by Crippen LogP contribution is -2.28. The maximum atomic E-state index is 15.6. The minimum absolute atomic E-state index is 0.193. The molecule has 5 nitrogen and oxygen atoms in total. The van der Waals surface area contributed by atoms with Crippen molar-refractivity contribution in [2.75, 3.05) is 13.2 Å². The first kappa shape index (κ1) is 26.6. The summed E-state index contributed by atoms with van der Waals surface area (Å²) in [6.45, 7) is 8.12. The molecule has 0 radical (unpaired) electrons. The van der Waals surface area contributed by atoms with Crippen molar-refractivity contribution in [2.24, 2.45) is 5.92 Å². The Morgan fingerprint density at radius 1 is 1.00 bits per heavy atom. The van der Waals surface area contributed by atoms with E-state index in [2.05, 4.69) is 0 Å². The van der Waals surface area contributed by atoms with Gasteiger partial charge in [0.15, 0.2) is 0 Å². The molecule has 1 unspecified atom stereocenters. The van der Waals surface area contributed by atoms with E-state index in [1.807, 2.05) is 42.7 Å². The van der Waals surface area contributed by atoms with Crippen molar-refractivity contribution in [3.05, 3.63) is 88.8 Å². The lowest BCUT2D eigenvalue weighted by molar-refractivity contribution is 0.0543. The van der Waals surface area contributed by atoms with Gasteiger partial charge in [-0.3, -0.25) is 4.98 Å². The van der Waals surface area contributed by atoms with Crippen LogP contribution in [0.1, 0.15) is 55.2 Å². The molecule has 3 aromatic heterocycles. The van der Waals surface area contributed by atoms with Crippen LogP contribution in [0.4, 0.5) is 13.2 Å². The third kappa shape index (κ3) is 4.39. The zero-order valence-electron chi connectivity index (χ0n) is 22.9. The van der Waals surface area contributed by atoms with Crippen LogP contribution in [-0.4, -0.2) is 27.9 Å². The summed E-state index contributed by atoms with van der Waals surface area (Å²) in [7, 11) is 0. The smallest absolute Gasteiger partial charge is 0.134 e. The van der Waals surface area contributed by atoms with Gasteiger partial charge in [0.25, 0.3) is 0 Å². The minimum Gasteiger partial charge on any atom is -0.469 e. The predicted octanol–water partition coefficient (Wildman–Crippen LogP) is 7.73. The SMILES string of the molecule is Cc1coc(C)c1-c1cnc2c3ccc(C(C)(C)O)cc3n(C(c3c(F)cc(F)cc3F)C3CCOCC3)c2c1. The molecule has 0 bridgehead atoms. The van der Waals surface area contributed by atoms with Crippen molar-refractivity contribution in [2.45, 2.75) is 52.2 Å². The summed E-state index contributed by atoms with van der Waals surface area (Å²) >= 11 is 0. The summed E-state index contributed by atoms with van der Waals surface area (Å²) in [4.78, 5) is 4.84. The molecule has 208 valence electrons. The molecule has 6 rings (SSSR count). The Bertz CT molecular complexity index is 1700. The van der Waals surface area contributed by atoms with Crippen LogP contribution in [0, 0.1) is 37.2 Å². The number of ether oxygens (including phenoxy) is 1. The van der Waals surface area contributed by atoms with Crippen molar-refractivity contribution < 1.29 is 27.4 Å². The Kier molecular flexibility index (Phi) is 6.50. The van der Waals surface area contributed by atoms with Gasteiger partial charge in [-0.2, -0.15) is 0 Å². The van der Waals surface area contributed by atoms with Crippen molar-refractivity contribution in [1.82, 2.24) is 9.55 Å². The fourth-order valence-electron chi connectivity index (χ4n) is 6.17. The van der Waals surface area contributed by atoms with Crippen LogP contribution < -0.4 is 0 Å². The first-order valence-corrected chi connectivity index (χ1v) is 13.5. The molecule has 1 N–H and O–H groups in total. The Hall–Kier alpha value is -3.62. The van der Waals surface area contributed by atoms with Crippen molar-refractivity contribution in [3.63, 3.8) is 0 Å². The largest absolute Gasteiger partial charge is 0.469 e. The number of pyridine rings is 1. The van der Waals surface area contributed by atoms with Gasteiger partial charge in [0.1, 0.15) is 23.2 Å². The highest BCUT2D eigenvalue weighted by Gasteiger charge is 2.35. The number of aryl methyl sites for hydroxylation is 2. The molecule has 1 fully saturated rings. The van der Waals surface area contributed by atoms with Crippen LogP contribution in [0.25, 0.3) is 33.1 Å². The maximum Gasteiger partial charge on any atom is 0.134 e. The molecule has 1 aliphatic rings. The molecular formula is C32H31F3N2O3. The van der Waals surface area contributed by atoms with Crippen LogP contribution in [0.2, 0.25) is 0 Å². The van der Waals surface area contributed by atoms with Crippen LogP contribution in [0.3, 0.4) is 0 Å². The van der Waals surface area contributed by atoms with Gasteiger partial charge in [-0.1, -0.05) is 12.1 Å². The van der Waals surface area contributed by atoms with Gasteiger partial charge in [0, 0.05) is 53.6 Å². The normalized spacial score (nSPS) is 15.8. The fraction of sp³-hybridized carbons (Fsp3) is 0.344. The predicted molar refractivity (Wildman–Crippen MR) is 148 cm³/mol. The van der Waals surface area contributed by atoms with Gasteiger partial charge in [0.05, 0.1) is 34.5 Å². The van der Waals surface area contributed by atoms with E-state index in [0.29, 0.717) is 48.2 Å². The van der Waals surface area contributed by atoms with Gasteiger partial charge in [-0.25, -0.2) is 13.2 Å². The van der Waals surface area contributed by atoms with Gasteiger partial charge in [-0.05, 0) is 69.7 Å². The number of fused-ring (bicyclic) bond motifs is 3.